The van der Waals surface area contributed by atoms with Crippen LogP contribution in [0.25, 0.3) is 0 Å². The summed E-state index contributed by atoms with van der Waals surface area (Å²) < 4.78 is 41.0. The van der Waals surface area contributed by atoms with Crippen LogP contribution in [0.5, 0.6) is 0 Å². The van der Waals surface area contributed by atoms with E-state index in [1.807, 2.05) is 13.8 Å². The number of nitrogens with one attached hydrogen (secondary N) is 1. The van der Waals surface area contributed by atoms with Crippen LogP contribution in [0.3, 0.4) is 0 Å². The van der Waals surface area contributed by atoms with E-state index < -0.39 is 12.6 Å². The van der Waals surface area contributed by atoms with Crippen LogP contribution in [0, 0.1) is 11.3 Å². The van der Waals surface area contributed by atoms with Crippen molar-refractivity contribution in [1.29, 1.82) is 0 Å². The van der Waals surface area contributed by atoms with Crippen molar-refractivity contribution in [2.45, 2.75) is 46.7 Å². The molecule has 0 unspecified atom stereocenters. The first kappa shape index (κ1) is 17.7. The molecule has 0 saturated heterocycles. The van der Waals surface area contributed by atoms with Crippen LogP contribution in [0.2, 0.25) is 0 Å². The summed E-state index contributed by atoms with van der Waals surface area (Å²) in [6.45, 7) is 10.8. The number of ether oxygens (including phenoxy) is 1. The lowest BCUT2D eigenvalue weighted by Gasteiger charge is -2.25. The van der Waals surface area contributed by atoms with Gasteiger partial charge in [-0.15, -0.1) is 0 Å². The highest BCUT2D eigenvalue weighted by molar-refractivity contribution is 4.71. The molecule has 0 aromatic rings. The lowest BCUT2D eigenvalue weighted by molar-refractivity contribution is -0.138. The lowest BCUT2D eigenvalue weighted by atomic mass is 9.94. The van der Waals surface area contributed by atoms with E-state index in [1.54, 1.807) is 0 Å². The van der Waals surface area contributed by atoms with E-state index in [-0.39, 0.29) is 18.4 Å². The first-order valence-electron chi connectivity index (χ1n) is 6.48. The number of rotatable bonds is 9. The number of hydrogen-bond acceptors (Lipinski definition) is 2. The second-order valence-corrected chi connectivity index (χ2v) is 5.96. The van der Waals surface area contributed by atoms with Crippen LogP contribution in [-0.4, -0.2) is 32.5 Å². The van der Waals surface area contributed by atoms with Gasteiger partial charge in [0.25, 0.3) is 0 Å². The summed E-state index contributed by atoms with van der Waals surface area (Å²) in [7, 11) is 0. The highest BCUT2D eigenvalue weighted by Gasteiger charge is 2.26. The summed E-state index contributed by atoms with van der Waals surface area (Å²) >= 11 is 0. The maximum Gasteiger partial charge on any atom is 0.389 e. The molecule has 0 bridgehead atoms. The van der Waals surface area contributed by atoms with Crippen LogP contribution >= 0.6 is 0 Å². The van der Waals surface area contributed by atoms with Gasteiger partial charge in [-0.05, 0) is 18.9 Å². The third-order valence-corrected chi connectivity index (χ3v) is 2.40. The Morgan fingerprint density at radius 3 is 2.28 bits per heavy atom. The van der Waals surface area contributed by atoms with Crippen LogP contribution in [0.4, 0.5) is 13.2 Å². The Kier molecular flexibility index (Phi) is 7.87. The Bertz CT molecular complexity index is 215. The van der Waals surface area contributed by atoms with Gasteiger partial charge in [-0.3, -0.25) is 0 Å². The molecule has 18 heavy (non-hydrogen) atoms. The second kappa shape index (κ2) is 8.00. The fourth-order valence-corrected chi connectivity index (χ4v) is 1.47. The van der Waals surface area contributed by atoms with Gasteiger partial charge in [0.15, 0.2) is 0 Å². The first-order chi connectivity index (χ1) is 8.12. The van der Waals surface area contributed by atoms with Crippen molar-refractivity contribution in [3.05, 3.63) is 0 Å². The molecular formula is C13H26F3NO. The molecule has 0 aromatic carbocycles. The zero-order valence-electron chi connectivity index (χ0n) is 11.9. The van der Waals surface area contributed by atoms with Crippen molar-refractivity contribution in [3.8, 4) is 0 Å². The topological polar surface area (TPSA) is 21.3 Å². The summed E-state index contributed by atoms with van der Waals surface area (Å²) in [4.78, 5) is 0. The second-order valence-electron chi connectivity index (χ2n) is 5.96. The SMILES string of the molecule is CC(C)CNCC(C)(C)COCCCC(F)(F)F. The Morgan fingerprint density at radius 1 is 1.17 bits per heavy atom. The molecule has 110 valence electrons. The van der Waals surface area contributed by atoms with E-state index in [9.17, 15) is 13.2 Å². The van der Waals surface area contributed by atoms with E-state index in [0.717, 1.165) is 13.1 Å². The highest BCUT2D eigenvalue weighted by Crippen LogP contribution is 2.21. The molecule has 0 saturated carbocycles. The van der Waals surface area contributed by atoms with Gasteiger partial charge in [0.2, 0.25) is 0 Å². The highest BCUT2D eigenvalue weighted by atomic mass is 19.4. The van der Waals surface area contributed by atoms with Crippen molar-refractivity contribution >= 4 is 0 Å². The Morgan fingerprint density at radius 2 is 1.78 bits per heavy atom. The monoisotopic (exact) mass is 269 g/mol. The molecule has 0 aliphatic rings. The summed E-state index contributed by atoms with van der Waals surface area (Å²) in [5.41, 5.74) is -0.0485. The summed E-state index contributed by atoms with van der Waals surface area (Å²) in [6, 6.07) is 0. The minimum absolute atomic E-state index is 0.0407. The molecule has 5 heteroatoms. The van der Waals surface area contributed by atoms with Gasteiger partial charge in [0.05, 0.1) is 6.61 Å². The van der Waals surface area contributed by atoms with Crippen LogP contribution in [0.1, 0.15) is 40.5 Å². The first-order valence-corrected chi connectivity index (χ1v) is 6.48. The Balaban J connectivity index is 3.58. The van der Waals surface area contributed by atoms with Crippen LogP contribution < -0.4 is 5.32 Å². The molecule has 0 aromatic heterocycles. The van der Waals surface area contributed by atoms with Crippen molar-refractivity contribution < 1.29 is 17.9 Å². The van der Waals surface area contributed by atoms with Crippen molar-refractivity contribution in [1.82, 2.24) is 5.32 Å². The van der Waals surface area contributed by atoms with E-state index in [1.165, 1.54) is 0 Å². The third kappa shape index (κ3) is 12.2. The van der Waals surface area contributed by atoms with E-state index in [2.05, 4.69) is 19.2 Å². The van der Waals surface area contributed by atoms with Crippen molar-refractivity contribution in [2.24, 2.45) is 11.3 Å². The van der Waals surface area contributed by atoms with Gasteiger partial charge in [-0.1, -0.05) is 27.7 Å². The van der Waals surface area contributed by atoms with Crippen LogP contribution in [-0.2, 0) is 4.74 Å². The Hall–Kier alpha value is -0.290. The molecule has 0 aliphatic heterocycles. The molecule has 0 atom stereocenters. The zero-order chi connectivity index (χ0) is 14.2. The molecule has 0 rings (SSSR count). The minimum atomic E-state index is -4.07. The zero-order valence-corrected chi connectivity index (χ0v) is 11.9. The van der Waals surface area contributed by atoms with Gasteiger partial charge in [0.1, 0.15) is 0 Å². The van der Waals surface area contributed by atoms with Crippen LogP contribution in [0.15, 0.2) is 0 Å². The molecule has 2 nitrogen and oxygen atoms in total. The normalized spacial score (nSPS) is 13.3. The predicted octanol–water partition coefficient (Wildman–Crippen LogP) is 3.62. The van der Waals surface area contributed by atoms with Crippen molar-refractivity contribution in [3.63, 3.8) is 0 Å². The number of halogens is 3. The predicted molar refractivity (Wildman–Crippen MR) is 67.6 cm³/mol. The average molecular weight is 269 g/mol. The largest absolute Gasteiger partial charge is 0.389 e. The molecular weight excluding hydrogens is 243 g/mol. The minimum Gasteiger partial charge on any atom is -0.381 e. The summed E-state index contributed by atoms with van der Waals surface area (Å²) in [5, 5.41) is 3.33. The van der Waals surface area contributed by atoms with E-state index in [4.69, 9.17) is 4.74 Å². The number of hydrogen-bond donors (Lipinski definition) is 1. The fourth-order valence-electron chi connectivity index (χ4n) is 1.47. The summed E-state index contributed by atoms with van der Waals surface area (Å²) in [6.07, 6.45) is -4.80. The van der Waals surface area contributed by atoms with E-state index >= 15 is 0 Å². The quantitative estimate of drug-likeness (QED) is 0.646. The molecule has 0 heterocycles. The summed E-state index contributed by atoms with van der Waals surface area (Å²) in [5.74, 6) is 0.591. The average Bonchev–Trinajstić information content (AvgIpc) is 2.13. The van der Waals surface area contributed by atoms with Gasteiger partial charge < -0.3 is 10.1 Å². The van der Waals surface area contributed by atoms with Gasteiger partial charge >= 0.3 is 6.18 Å². The molecule has 0 radical (unpaired) electrons. The standard InChI is InChI=1S/C13H26F3NO/c1-11(2)8-17-9-12(3,4)10-18-7-5-6-13(14,15)16/h11,17H,5-10H2,1-4H3. The maximum atomic E-state index is 11.9. The molecule has 0 fully saturated rings. The Labute approximate surface area is 108 Å². The van der Waals surface area contributed by atoms with Gasteiger partial charge in [-0.2, -0.15) is 13.2 Å². The van der Waals surface area contributed by atoms with E-state index in [0.29, 0.717) is 12.5 Å². The molecule has 1 N–H and O–H groups in total. The smallest absolute Gasteiger partial charge is 0.381 e. The third-order valence-electron chi connectivity index (χ3n) is 2.40. The van der Waals surface area contributed by atoms with Crippen molar-refractivity contribution in [2.75, 3.05) is 26.3 Å². The molecule has 0 aliphatic carbocycles. The van der Waals surface area contributed by atoms with Gasteiger partial charge in [0, 0.05) is 25.0 Å². The molecule has 0 spiro atoms. The lowest BCUT2D eigenvalue weighted by Crippen LogP contribution is -2.35. The maximum absolute atomic E-state index is 11.9. The fraction of sp³-hybridized carbons (Fsp3) is 1.00. The molecule has 0 amide bonds. The number of alkyl halides is 3. The van der Waals surface area contributed by atoms with Gasteiger partial charge in [-0.25, -0.2) is 0 Å².